The van der Waals surface area contributed by atoms with Crippen LogP contribution in [0.1, 0.15) is 10.4 Å². The highest BCUT2D eigenvalue weighted by molar-refractivity contribution is 7.11. The molecule has 108 valence electrons. The van der Waals surface area contributed by atoms with Gasteiger partial charge in [0.25, 0.3) is 0 Å². The fourth-order valence-electron chi connectivity index (χ4n) is 2.56. The molecule has 3 N–H and O–H groups in total. The summed E-state index contributed by atoms with van der Waals surface area (Å²) < 4.78 is 5.61. The van der Waals surface area contributed by atoms with E-state index < -0.39 is 24.4 Å². The second-order valence-corrected chi connectivity index (χ2v) is 5.94. The molecule has 2 aliphatic heterocycles. The minimum absolute atomic E-state index is 0.203. The van der Waals surface area contributed by atoms with E-state index >= 15 is 0 Å². The third-order valence-corrected chi connectivity index (χ3v) is 4.78. The number of ether oxygens (including phenoxy) is 1. The third-order valence-electron chi connectivity index (χ3n) is 3.80. The molecule has 2 aliphatic rings. The fraction of sp³-hybridized carbons (Fsp3) is 0.429. The van der Waals surface area contributed by atoms with Crippen molar-refractivity contribution >= 4 is 23.1 Å². The average molecular weight is 295 g/mol. The SMILES string of the molecule is C=C1c2sccc2C=CN1[C@@H]1OC[C@H](CO)[C@H](O)C1O. The van der Waals surface area contributed by atoms with E-state index in [1.54, 1.807) is 22.4 Å². The molecule has 5 nitrogen and oxygen atoms in total. The van der Waals surface area contributed by atoms with Crippen LogP contribution >= 0.6 is 11.3 Å². The molecule has 1 aromatic rings. The molecule has 6 heteroatoms. The zero-order chi connectivity index (χ0) is 14.3. The maximum atomic E-state index is 10.2. The van der Waals surface area contributed by atoms with Crippen LogP contribution < -0.4 is 0 Å². The van der Waals surface area contributed by atoms with Crippen molar-refractivity contribution in [1.29, 1.82) is 0 Å². The maximum Gasteiger partial charge on any atom is 0.162 e. The Bertz CT molecular complexity index is 541. The van der Waals surface area contributed by atoms with Crippen molar-refractivity contribution in [3.63, 3.8) is 0 Å². The van der Waals surface area contributed by atoms with Crippen molar-refractivity contribution < 1.29 is 20.1 Å². The van der Waals surface area contributed by atoms with E-state index in [0.717, 1.165) is 16.1 Å². The quantitative estimate of drug-likeness (QED) is 0.749. The average Bonchev–Trinajstić information content (AvgIpc) is 2.92. The normalized spacial score (nSPS) is 33.4. The predicted octanol–water partition coefficient (Wildman–Crippen LogP) is 0.692. The van der Waals surface area contributed by atoms with Gasteiger partial charge in [-0.2, -0.15) is 0 Å². The third kappa shape index (κ3) is 2.10. The summed E-state index contributed by atoms with van der Waals surface area (Å²) in [7, 11) is 0. The minimum Gasteiger partial charge on any atom is -0.396 e. The molecule has 4 atom stereocenters. The molecule has 0 amide bonds. The Morgan fingerprint density at radius 2 is 2.20 bits per heavy atom. The maximum absolute atomic E-state index is 10.2. The Hall–Kier alpha value is -1.18. The molecule has 0 saturated carbocycles. The second kappa shape index (κ2) is 5.31. The molecule has 3 rings (SSSR count). The summed E-state index contributed by atoms with van der Waals surface area (Å²) in [5.41, 5.74) is 1.84. The van der Waals surface area contributed by atoms with Crippen molar-refractivity contribution in [2.75, 3.05) is 13.2 Å². The molecule has 20 heavy (non-hydrogen) atoms. The molecule has 0 aromatic carbocycles. The van der Waals surface area contributed by atoms with Gasteiger partial charge in [-0.1, -0.05) is 6.58 Å². The van der Waals surface area contributed by atoms with Gasteiger partial charge in [-0.15, -0.1) is 11.3 Å². The van der Waals surface area contributed by atoms with Gasteiger partial charge < -0.3 is 25.0 Å². The lowest BCUT2D eigenvalue weighted by Gasteiger charge is -2.43. The van der Waals surface area contributed by atoms with Crippen LogP contribution in [-0.2, 0) is 4.74 Å². The van der Waals surface area contributed by atoms with E-state index in [4.69, 9.17) is 9.84 Å². The highest BCUT2D eigenvalue weighted by atomic mass is 32.1. The number of thiophene rings is 1. The van der Waals surface area contributed by atoms with Gasteiger partial charge in [-0.25, -0.2) is 0 Å². The largest absolute Gasteiger partial charge is 0.396 e. The summed E-state index contributed by atoms with van der Waals surface area (Å²) in [4.78, 5) is 2.77. The lowest BCUT2D eigenvalue weighted by Crippen LogP contribution is -2.56. The first-order valence-corrected chi connectivity index (χ1v) is 7.33. The Balaban J connectivity index is 1.82. The first-order valence-electron chi connectivity index (χ1n) is 6.45. The first kappa shape index (κ1) is 13.8. The summed E-state index contributed by atoms with van der Waals surface area (Å²) in [5, 5.41) is 31.3. The van der Waals surface area contributed by atoms with Crippen molar-refractivity contribution in [3.8, 4) is 0 Å². The highest BCUT2D eigenvalue weighted by Gasteiger charge is 2.41. The molecule has 1 aromatic heterocycles. The molecule has 0 spiro atoms. The lowest BCUT2D eigenvalue weighted by molar-refractivity contribution is -0.199. The van der Waals surface area contributed by atoms with Crippen LogP contribution in [0.25, 0.3) is 11.8 Å². The van der Waals surface area contributed by atoms with E-state index in [2.05, 4.69) is 6.58 Å². The summed E-state index contributed by atoms with van der Waals surface area (Å²) in [6.45, 7) is 4.04. The number of rotatable bonds is 2. The van der Waals surface area contributed by atoms with E-state index in [1.807, 2.05) is 17.5 Å². The van der Waals surface area contributed by atoms with Gasteiger partial charge >= 0.3 is 0 Å². The van der Waals surface area contributed by atoms with E-state index in [-0.39, 0.29) is 13.2 Å². The highest BCUT2D eigenvalue weighted by Crippen LogP contribution is 2.36. The van der Waals surface area contributed by atoms with Crippen molar-refractivity contribution in [3.05, 3.63) is 34.7 Å². The molecular formula is C14H17NO4S. The predicted molar refractivity (Wildman–Crippen MR) is 76.6 cm³/mol. The Morgan fingerprint density at radius 3 is 2.95 bits per heavy atom. The summed E-state index contributed by atoms with van der Waals surface area (Å²) in [5.74, 6) is -0.458. The van der Waals surface area contributed by atoms with Gasteiger partial charge in [0.15, 0.2) is 6.23 Å². The van der Waals surface area contributed by atoms with Gasteiger partial charge in [0.2, 0.25) is 0 Å². The molecule has 0 bridgehead atoms. The van der Waals surface area contributed by atoms with E-state index in [0.29, 0.717) is 0 Å². The van der Waals surface area contributed by atoms with Crippen LogP contribution in [-0.4, -0.2) is 51.9 Å². The summed E-state index contributed by atoms with van der Waals surface area (Å²) in [6.07, 6.45) is 0.943. The molecular weight excluding hydrogens is 278 g/mol. The Kier molecular flexibility index (Phi) is 3.66. The lowest BCUT2D eigenvalue weighted by atomic mass is 9.94. The first-order chi connectivity index (χ1) is 9.63. The van der Waals surface area contributed by atoms with Crippen LogP contribution in [0.15, 0.2) is 24.2 Å². The summed E-state index contributed by atoms with van der Waals surface area (Å²) >= 11 is 1.58. The van der Waals surface area contributed by atoms with Gasteiger partial charge in [-0.05, 0) is 23.1 Å². The Morgan fingerprint density at radius 1 is 1.40 bits per heavy atom. The number of nitrogens with zero attached hydrogens (tertiary/aromatic N) is 1. The van der Waals surface area contributed by atoms with Crippen molar-refractivity contribution in [1.82, 2.24) is 4.90 Å². The molecule has 0 aliphatic carbocycles. The van der Waals surface area contributed by atoms with Crippen LogP contribution in [0, 0.1) is 5.92 Å². The van der Waals surface area contributed by atoms with Crippen molar-refractivity contribution in [2.24, 2.45) is 5.92 Å². The van der Waals surface area contributed by atoms with Gasteiger partial charge in [0.1, 0.15) is 6.10 Å². The van der Waals surface area contributed by atoms with Gasteiger partial charge in [-0.3, -0.25) is 0 Å². The van der Waals surface area contributed by atoms with Crippen LogP contribution in [0.4, 0.5) is 0 Å². The fourth-order valence-corrected chi connectivity index (χ4v) is 3.43. The van der Waals surface area contributed by atoms with Crippen molar-refractivity contribution in [2.45, 2.75) is 18.4 Å². The monoisotopic (exact) mass is 295 g/mol. The smallest absolute Gasteiger partial charge is 0.162 e. The Labute approximate surface area is 121 Å². The van der Waals surface area contributed by atoms with Gasteiger partial charge in [0.05, 0.1) is 29.9 Å². The van der Waals surface area contributed by atoms with E-state index in [9.17, 15) is 10.2 Å². The zero-order valence-electron chi connectivity index (χ0n) is 10.8. The molecule has 1 saturated heterocycles. The molecule has 1 unspecified atom stereocenters. The summed E-state index contributed by atoms with van der Waals surface area (Å²) in [6, 6.07) is 2.01. The second-order valence-electron chi connectivity index (χ2n) is 5.02. The zero-order valence-corrected chi connectivity index (χ0v) is 11.7. The number of aliphatic hydroxyl groups is 3. The molecule has 3 heterocycles. The molecule has 1 fully saturated rings. The van der Waals surface area contributed by atoms with Gasteiger partial charge in [0, 0.05) is 12.1 Å². The number of aliphatic hydroxyl groups excluding tert-OH is 3. The molecule has 0 radical (unpaired) electrons. The number of fused-ring (bicyclic) bond motifs is 1. The number of hydrogen-bond donors (Lipinski definition) is 3. The number of hydrogen-bond acceptors (Lipinski definition) is 6. The van der Waals surface area contributed by atoms with E-state index in [1.165, 1.54) is 0 Å². The van der Waals surface area contributed by atoms with Crippen LogP contribution in [0.2, 0.25) is 0 Å². The minimum atomic E-state index is -1.09. The van der Waals surface area contributed by atoms with Crippen LogP contribution in [0.5, 0.6) is 0 Å². The topological polar surface area (TPSA) is 73.2 Å². The standard InChI is InChI=1S/C14H17NO4S/c1-8-13-9(3-5-20-13)2-4-15(8)14-12(18)11(17)10(6-16)7-19-14/h2-5,10-12,14,16-18H,1,6-7H2/t10-,11-,12?,14+/m0/s1. The van der Waals surface area contributed by atoms with Crippen LogP contribution in [0.3, 0.4) is 0 Å².